The third-order valence-corrected chi connectivity index (χ3v) is 11.3. The summed E-state index contributed by atoms with van der Waals surface area (Å²) in [6, 6.07) is -14.2. The average Bonchev–Trinajstić information content (AvgIpc) is 3.29. The van der Waals surface area contributed by atoms with Crippen LogP contribution < -0.4 is 87.6 Å². The second-order valence-electron chi connectivity index (χ2n) is 18.7. The molecule has 1 fully saturated rings. The molecule has 0 spiro atoms. The van der Waals surface area contributed by atoms with Crippen LogP contribution in [0.2, 0.25) is 0 Å². The zero-order valence-corrected chi connectivity index (χ0v) is 42.4. The molecule has 0 aliphatic carbocycles. The summed E-state index contributed by atoms with van der Waals surface area (Å²) in [5.74, 6) is -9.40. The molecule has 28 heteroatoms. The van der Waals surface area contributed by atoms with Gasteiger partial charge >= 0.3 is 0 Å². The average molecular weight is 1030 g/mol. The van der Waals surface area contributed by atoms with Crippen LogP contribution in [-0.4, -0.2) is 181 Å². The maximum Gasteiger partial charge on any atom is 0.245 e. The number of nitrogens with two attached hydrogens (primary N) is 6. The monoisotopic (exact) mass is 1030 g/mol. The molecule has 1 saturated heterocycles. The van der Waals surface area contributed by atoms with Gasteiger partial charge in [-0.15, -0.1) is 0 Å². The van der Waals surface area contributed by atoms with Crippen LogP contribution in [0.4, 0.5) is 0 Å². The molecule has 412 valence electrons. The highest BCUT2D eigenvalue weighted by Gasteiger charge is 2.37. The van der Waals surface area contributed by atoms with Gasteiger partial charge in [-0.05, 0) is 110 Å². The Balaban J connectivity index is 3.90. The lowest BCUT2D eigenvalue weighted by Gasteiger charge is -2.29. The lowest BCUT2D eigenvalue weighted by Crippen LogP contribution is -2.61. The highest BCUT2D eigenvalue weighted by atomic mass is 16.3. The number of amides is 10. The number of hydrogen-bond donors (Lipinski definition) is 18. The van der Waals surface area contributed by atoms with Gasteiger partial charge in [0.15, 0.2) is 0 Å². The Labute approximate surface area is 420 Å². The molecule has 0 aromatic rings. The molecule has 28 nitrogen and oxygen atoms in total. The Morgan fingerprint density at radius 2 is 0.958 bits per heavy atom. The highest BCUT2D eigenvalue weighted by molar-refractivity contribution is 5.99. The van der Waals surface area contributed by atoms with Gasteiger partial charge in [-0.2, -0.15) is 0 Å². The number of carbonyl (C=O) groups excluding carboxylic acids is 10. The number of nitrogens with one attached hydrogen (secondary N) is 10. The summed E-state index contributed by atoms with van der Waals surface area (Å²) in [4.78, 5) is 137. The molecule has 12 atom stereocenters. The molecule has 1 rings (SSSR count). The van der Waals surface area contributed by atoms with Crippen LogP contribution >= 0.6 is 0 Å². The minimum absolute atomic E-state index is 0.0514. The van der Waals surface area contributed by atoms with E-state index >= 15 is 0 Å². The quantitative estimate of drug-likeness (QED) is 0.0479. The van der Waals surface area contributed by atoms with Crippen molar-refractivity contribution in [1.29, 1.82) is 0 Å². The summed E-state index contributed by atoms with van der Waals surface area (Å²) < 4.78 is 0. The van der Waals surface area contributed by atoms with E-state index in [0.717, 1.165) is 0 Å². The lowest BCUT2D eigenvalue weighted by atomic mass is 9.99. The van der Waals surface area contributed by atoms with Gasteiger partial charge < -0.3 is 97.8 Å². The molecule has 72 heavy (non-hydrogen) atoms. The van der Waals surface area contributed by atoms with E-state index in [-0.39, 0.29) is 89.5 Å². The van der Waals surface area contributed by atoms with Crippen LogP contribution in [-0.2, 0) is 47.9 Å². The summed E-state index contributed by atoms with van der Waals surface area (Å²) in [6.07, 6.45) is -3.96. The zero-order valence-electron chi connectivity index (χ0n) is 42.4. The van der Waals surface area contributed by atoms with E-state index in [4.69, 9.17) is 34.4 Å². The maximum atomic E-state index is 14.3. The molecular formula is C44H84N16O12. The lowest BCUT2D eigenvalue weighted by molar-refractivity contribution is -0.136. The fraction of sp³-hybridized carbons (Fsp3) is 0.773. The molecule has 10 amide bonds. The smallest absolute Gasteiger partial charge is 0.245 e. The minimum atomic E-state index is -1.66. The van der Waals surface area contributed by atoms with Gasteiger partial charge in [-0.25, -0.2) is 0 Å². The van der Waals surface area contributed by atoms with Gasteiger partial charge in [-0.1, -0.05) is 27.7 Å². The number of aliphatic hydroxyl groups excluding tert-OH is 2. The standard InChI is InChI=1S/C44H84N16O12/c1-21(2)19-31-41(69)54-26(8-14-46)36(64)53-29(11-17-49)40(68)60-33(23(5)61)43(71)51-18-12-30(39(67)52-27(9-15-47)38(66)57-32(20-22(3)4)42(70)58-31)55-37(65)28(10-16-48)56-44(72)34(24(6)62)59-35(63)25(50)7-13-45/h21-34,61-62H,7-20,45-50H2,1-6H3,(H,51,71)(H,52,67)(H,53,64)(H,54,69)(H,55,65)(H,56,72)(H,57,66)(H,58,70)(H,59,63)(H,60,68). The molecule has 24 N–H and O–H groups in total. The number of rotatable bonds is 22. The topological polar surface area (TPSA) is 488 Å². The summed E-state index contributed by atoms with van der Waals surface area (Å²) >= 11 is 0. The first-order valence-electron chi connectivity index (χ1n) is 24.5. The number of carbonyl (C=O) groups is 10. The van der Waals surface area contributed by atoms with Crippen molar-refractivity contribution in [3.05, 3.63) is 0 Å². The van der Waals surface area contributed by atoms with Gasteiger partial charge in [0.2, 0.25) is 59.1 Å². The first-order chi connectivity index (χ1) is 33.8. The molecular weight excluding hydrogens is 945 g/mol. The van der Waals surface area contributed by atoms with E-state index < -0.39 is 145 Å². The highest BCUT2D eigenvalue weighted by Crippen LogP contribution is 2.12. The van der Waals surface area contributed by atoms with E-state index in [9.17, 15) is 58.2 Å². The summed E-state index contributed by atoms with van der Waals surface area (Å²) in [6.45, 7) is 8.59. The van der Waals surface area contributed by atoms with E-state index in [1.54, 1.807) is 27.7 Å². The normalized spacial score (nSPS) is 24.7. The molecule has 0 aromatic carbocycles. The van der Waals surface area contributed by atoms with Crippen molar-refractivity contribution < 1.29 is 58.2 Å². The molecule has 0 radical (unpaired) electrons. The molecule has 0 bridgehead atoms. The van der Waals surface area contributed by atoms with E-state index in [1.807, 2.05) is 0 Å². The largest absolute Gasteiger partial charge is 0.391 e. The molecule has 0 saturated carbocycles. The van der Waals surface area contributed by atoms with Crippen molar-refractivity contribution in [2.24, 2.45) is 46.2 Å². The van der Waals surface area contributed by atoms with Crippen LogP contribution in [0.15, 0.2) is 0 Å². The van der Waals surface area contributed by atoms with Gasteiger partial charge in [0.05, 0.1) is 18.2 Å². The Kier molecular flexibility index (Phi) is 29.7. The van der Waals surface area contributed by atoms with Crippen LogP contribution in [0.3, 0.4) is 0 Å². The molecule has 0 aromatic heterocycles. The second-order valence-corrected chi connectivity index (χ2v) is 18.7. The van der Waals surface area contributed by atoms with Gasteiger partial charge in [0.25, 0.3) is 0 Å². The summed E-state index contributed by atoms with van der Waals surface area (Å²) in [5, 5.41) is 46.2. The fourth-order valence-electron chi connectivity index (χ4n) is 7.40. The van der Waals surface area contributed by atoms with Crippen LogP contribution in [0.5, 0.6) is 0 Å². The molecule has 1 aliphatic rings. The minimum Gasteiger partial charge on any atom is -0.391 e. The first kappa shape index (κ1) is 64.4. The van der Waals surface area contributed by atoms with Crippen LogP contribution in [0, 0.1) is 11.8 Å². The van der Waals surface area contributed by atoms with Crippen molar-refractivity contribution in [1.82, 2.24) is 53.2 Å². The second kappa shape index (κ2) is 33.2. The van der Waals surface area contributed by atoms with E-state index in [0.29, 0.717) is 0 Å². The van der Waals surface area contributed by atoms with Crippen molar-refractivity contribution in [3.8, 4) is 0 Å². The number of aliphatic hydroxyl groups is 2. The van der Waals surface area contributed by atoms with Gasteiger partial charge in [-0.3, -0.25) is 47.9 Å². The van der Waals surface area contributed by atoms with E-state index in [2.05, 4.69) is 53.2 Å². The Bertz CT molecular complexity index is 1810. The Morgan fingerprint density at radius 3 is 1.36 bits per heavy atom. The SMILES string of the molecule is CC(C)CC1NC(=O)C(CCN)NC(=O)C(NC(=O)C(CCN)NC(=O)C(NC(=O)C(N)CCN)C(C)O)CCNC(=O)C(C(C)O)NC(=O)C(CCN)NC(=O)C(CCN)NC(=O)C(CC(C)C)NC1=O. The number of hydrogen-bond acceptors (Lipinski definition) is 18. The Morgan fingerprint density at radius 1 is 0.542 bits per heavy atom. The summed E-state index contributed by atoms with van der Waals surface area (Å²) in [7, 11) is 0. The maximum absolute atomic E-state index is 14.3. The zero-order chi connectivity index (χ0) is 54.8. The van der Waals surface area contributed by atoms with Crippen molar-refractivity contribution in [3.63, 3.8) is 0 Å². The van der Waals surface area contributed by atoms with Crippen molar-refractivity contribution in [2.45, 2.75) is 166 Å². The van der Waals surface area contributed by atoms with Crippen LogP contribution in [0.25, 0.3) is 0 Å². The fourth-order valence-corrected chi connectivity index (χ4v) is 7.40. The van der Waals surface area contributed by atoms with Crippen molar-refractivity contribution >= 4 is 59.1 Å². The van der Waals surface area contributed by atoms with E-state index in [1.165, 1.54) is 13.8 Å². The summed E-state index contributed by atoms with van der Waals surface area (Å²) in [5.41, 5.74) is 34.6. The molecule has 1 aliphatic heterocycles. The predicted molar refractivity (Wildman–Crippen MR) is 264 cm³/mol. The molecule has 12 unspecified atom stereocenters. The van der Waals surface area contributed by atoms with Crippen LogP contribution in [0.1, 0.15) is 92.9 Å². The van der Waals surface area contributed by atoms with Gasteiger partial charge in [0, 0.05) is 6.54 Å². The third kappa shape index (κ3) is 22.4. The molecule has 1 heterocycles. The Hall–Kier alpha value is -5.62. The van der Waals surface area contributed by atoms with Gasteiger partial charge in [0.1, 0.15) is 54.4 Å². The predicted octanol–water partition coefficient (Wildman–Crippen LogP) is -8.21. The first-order valence-corrected chi connectivity index (χ1v) is 24.5. The third-order valence-electron chi connectivity index (χ3n) is 11.3. The van der Waals surface area contributed by atoms with Crippen molar-refractivity contribution in [2.75, 3.05) is 39.3 Å².